The third-order valence-corrected chi connectivity index (χ3v) is 3.50. The zero-order chi connectivity index (χ0) is 14.7. The van der Waals surface area contributed by atoms with E-state index in [-0.39, 0.29) is 6.42 Å². The molecule has 0 radical (unpaired) electrons. The number of aldehydes is 1. The second-order valence-corrected chi connectivity index (χ2v) is 4.92. The summed E-state index contributed by atoms with van der Waals surface area (Å²) >= 11 is 0. The molecule has 1 N–H and O–H groups in total. The van der Waals surface area contributed by atoms with Crippen molar-refractivity contribution in [3.8, 4) is 0 Å². The number of nitrogens with zero attached hydrogens (tertiary/aromatic N) is 2. The fourth-order valence-corrected chi connectivity index (χ4v) is 2.37. The van der Waals surface area contributed by atoms with Crippen LogP contribution in [0.5, 0.6) is 0 Å². The molecule has 0 saturated carbocycles. The van der Waals surface area contributed by atoms with Crippen LogP contribution in [0.1, 0.15) is 17.5 Å². The largest absolute Gasteiger partial charge is 0.377 e. The van der Waals surface area contributed by atoms with Crippen LogP contribution in [-0.4, -0.2) is 11.4 Å². The van der Waals surface area contributed by atoms with E-state index in [2.05, 4.69) is 10.2 Å². The molecule has 4 nitrogen and oxygen atoms in total. The van der Waals surface area contributed by atoms with Crippen molar-refractivity contribution in [2.75, 3.05) is 0 Å². The van der Waals surface area contributed by atoms with E-state index in [0.29, 0.717) is 17.5 Å². The van der Waals surface area contributed by atoms with Crippen LogP contribution in [0, 0.1) is 0 Å². The van der Waals surface area contributed by atoms with E-state index in [1.807, 2.05) is 42.5 Å². The molecule has 1 aliphatic rings. The highest BCUT2D eigenvalue weighted by Crippen LogP contribution is 2.37. The fourth-order valence-electron chi connectivity index (χ4n) is 2.37. The summed E-state index contributed by atoms with van der Waals surface area (Å²) in [7, 11) is 0. The van der Waals surface area contributed by atoms with Gasteiger partial charge in [-0.2, -0.15) is 10.2 Å². The number of carbonyl (C=O) groups excluding carboxylic acids is 1. The molecule has 0 heterocycles. The maximum absolute atomic E-state index is 11.2. The number of azo groups is 1. The van der Waals surface area contributed by atoms with Crippen molar-refractivity contribution in [2.24, 2.45) is 10.2 Å². The van der Waals surface area contributed by atoms with Crippen LogP contribution in [0.2, 0.25) is 0 Å². The summed E-state index contributed by atoms with van der Waals surface area (Å²) in [5.41, 5.74) is 1.26. The number of benzene rings is 2. The molecule has 0 bridgehead atoms. The molecule has 0 aliphatic heterocycles. The molecule has 0 fully saturated rings. The topological polar surface area (TPSA) is 62.0 Å². The van der Waals surface area contributed by atoms with E-state index >= 15 is 0 Å². The van der Waals surface area contributed by atoms with Gasteiger partial charge in [-0.05, 0) is 12.1 Å². The molecular weight excluding hydrogens is 264 g/mol. The lowest BCUT2D eigenvalue weighted by atomic mass is 9.83. The smallest absolute Gasteiger partial charge is 0.156 e. The van der Waals surface area contributed by atoms with Crippen molar-refractivity contribution in [3.63, 3.8) is 0 Å². The lowest BCUT2D eigenvalue weighted by Crippen LogP contribution is -2.30. The Bertz CT molecular complexity index is 723. The Kier molecular flexibility index (Phi) is 3.46. The van der Waals surface area contributed by atoms with Gasteiger partial charge in [-0.25, -0.2) is 0 Å². The third-order valence-electron chi connectivity index (χ3n) is 3.50. The quantitative estimate of drug-likeness (QED) is 0.688. The summed E-state index contributed by atoms with van der Waals surface area (Å²) in [6.07, 6.45) is 2.52. The van der Waals surface area contributed by atoms with Gasteiger partial charge in [0.2, 0.25) is 0 Å². The molecule has 0 spiro atoms. The molecular formula is C17H14N2O2. The monoisotopic (exact) mass is 278 g/mol. The van der Waals surface area contributed by atoms with Crippen LogP contribution in [0.3, 0.4) is 0 Å². The Morgan fingerprint density at radius 3 is 2.48 bits per heavy atom. The highest BCUT2D eigenvalue weighted by molar-refractivity contribution is 5.78. The highest BCUT2D eigenvalue weighted by Gasteiger charge is 2.34. The Hall–Kier alpha value is -2.59. The van der Waals surface area contributed by atoms with Gasteiger partial charge >= 0.3 is 0 Å². The lowest BCUT2D eigenvalue weighted by Gasteiger charge is -2.27. The molecule has 1 aliphatic carbocycles. The SMILES string of the molecule is O=CC1(O)CC=C(N=Nc2ccccc2)c2ccccc21. The second kappa shape index (κ2) is 5.42. The van der Waals surface area contributed by atoms with E-state index in [9.17, 15) is 9.90 Å². The van der Waals surface area contributed by atoms with Crippen LogP contribution >= 0.6 is 0 Å². The fraction of sp³-hybridized carbons (Fsp3) is 0.118. The number of hydrogen-bond acceptors (Lipinski definition) is 4. The van der Waals surface area contributed by atoms with Gasteiger partial charge in [-0.3, -0.25) is 4.79 Å². The number of carbonyl (C=O) groups is 1. The van der Waals surface area contributed by atoms with Gasteiger partial charge in [0, 0.05) is 17.5 Å². The van der Waals surface area contributed by atoms with Gasteiger partial charge in [-0.15, -0.1) is 0 Å². The first-order chi connectivity index (χ1) is 10.2. The Labute approximate surface area is 122 Å². The van der Waals surface area contributed by atoms with Crippen molar-refractivity contribution in [3.05, 3.63) is 71.8 Å². The van der Waals surface area contributed by atoms with Crippen molar-refractivity contribution in [2.45, 2.75) is 12.0 Å². The van der Waals surface area contributed by atoms with Crippen LogP contribution < -0.4 is 0 Å². The minimum Gasteiger partial charge on any atom is -0.377 e. The lowest BCUT2D eigenvalue weighted by molar-refractivity contribution is -0.124. The average molecular weight is 278 g/mol. The number of aliphatic hydroxyl groups is 1. The predicted octanol–water partition coefficient (Wildman–Crippen LogP) is 3.60. The van der Waals surface area contributed by atoms with E-state index in [4.69, 9.17) is 0 Å². The molecule has 2 aromatic rings. The van der Waals surface area contributed by atoms with Crippen molar-refractivity contribution < 1.29 is 9.90 Å². The average Bonchev–Trinajstić information content (AvgIpc) is 2.55. The Morgan fingerprint density at radius 1 is 1.00 bits per heavy atom. The summed E-state index contributed by atoms with van der Waals surface area (Å²) in [6, 6.07) is 16.6. The predicted molar refractivity (Wildman–Crippen MR) is 80.0 cm³/mol. The van der Waals surface area contributed by atoms with E-state index in [0.717, 1.165) is 11.3 Å². The minimum absolute atomic E-state index is 0.205. The first-order valence-corrected chi connectivity index (χ1v) is 6.68. The maximum Gasteiger partial charge on any atom is 0.156 e. The molecule has 0 amide bonds. The summed E-state index contributed by atoms with van der Waals surface area (Å²) in [5.74, 6) is 0. The standard InChI is InChI=1S/C17H14N2O2/c20-12-17(21)11-10-16(14-8-4-5-9-15(14)17)19-18-13-6-2-1-3-7-13/h1-10,12,21H,11H2. The van der Waals surface area contributed by atoms with Crippen LogP contribution in [0.25, 0.3) is 5.70 Å². The number of hydrogen-bond donors (Lipinski definition) is 1. The van der Waals surface area contributed by atoms with E-state index in [1.165, 1.54) is 0 Å². The minimum atomic E-state index is -1.47. The zero-order valence-electron chi connectivity index (χ0n) is 11.3. The molecule has 0 saturated heterocycles. The molecule has 1 atom stereocenters. The van der Waals surface area contributed by atoms with Gasteiger partial charge in [0.05, 0.1) is 11.4 Å². The first kappa shape index (κ1) is 13.4. The Morgan fingerprint density at radius 2 is 1.71 bits per heavy atom. The van der Waals surface area contributed by atoms with Crippen LogP contribution in [0.4, 0.5) is 5.69 Å². The Balaban J connectivity index is 1.99. The van der Waals surface area contributed by atoms with Gasteiger partial charge in [0.1, 0.15) is 5.60 Å². The van der Waals surface area contributed by atoms with Crippen molar-refractivity contribution in [1.82, 2.24) is 0 Å². The molecule has 4 heteroatoms. The van der Waals surface area contributed by atoms with Crippen molar-refractivity contribution >= 4 is 17.7 Å². The number of fused-ring (bicyclic) bond motifs is 1. The van der Waals surface area contributed by atoms with E-state index in [1.54, 1.807) is 18.2 Å². The molecule has 2 aromatic carbocycles. The zero-order valence-corrected chi connectivity index (χ0v) is 11.3. The summed E-state index contributed by atoms with van der Waals surface area (Å²) in [5, 5.41) is 18.8. The van der Waals surface area contributed by atoms with Gasteiger partial charge < -0.3 is 5.11 Å². The molecule has 104 valence electrons. The van der Waals surface area contributed by atoms with Crippen LogP contribution in [0.15, 0.2) is 70.9 Å². The van der Waals surface area contributed by atoms with Gasteiger partial charge in [-0.1, -0.05) is 48.5 Å². The van der Waals surface area contributed by atoms with Crippen molar-refractivity contribution in [1.29, 1.82) is 0 Å². The molecule has 21 heavy (non-hydrogen) atoms. The molecule has 1 unspecified atom stereocenters. The second-order valence-electron chi connectivity index (χ2n) is 4.92. The summed E-state index contributed by atoms with van der Waals surface area (Å²) < 4.78 is 0. The van der Waals surface area contributed by atoms with Gasteiger partial charge in [0.15, 0.2) is 6.29 Å². The normalized spacial score (nSPS) is 20.9. The summed E-state index contributed by atoms with van der Waals surface area (Å²) in [6.45, 7) is 0. The molecule has 3 rings (SSSR count). The summed E-state index contributed by atoms with van der Waals surface area (Å²) in [4.78, 5) is 11.2. The number of rotatable bonds is 3. The van der Waals surface area contributed by atoms with Gasteiger partial charge in [0.25, 0.3) is 0 Å². The third kappa shape index (κ3) is 2.53. The molecule has 0 aromatic heterocycles. The highest BCUT2D eigenvalue weighted by atomic mass is 16.3. The maximum atomic E-state index is 11.2. The van der Waals surface area contributed by atoms with E-state index < -0.39 is 5.60 Å². The first-order valence-electron chi connectivity index (χ1n) is 6.68. The van der Waals surface area contributed by atoms with Crippen LogP contribution in [-0.2, 0) is 10.4 Å².